The summed E-state index contributed by atoms with van der Waals surface area (Å²) in [6, 6.07) is 14.4. The minimum Gasteiger partial charge on any atom is -0.298 e. The van der Waals surface area contributed by atoms with Crippen LogP contribution in [0.1, 0.15) is 24.2 Å². The Morgan fingerprint density at radius 3 is 1.76 bits per heavy atom. The lowest BCUT2D eigenvalue weighted by atomic mass is 10.2. The molecular formula is C27H28N6O7S5. The first-order valence-electron chi connectivity index (χ1n) is 13.3. The smallest absolute Gasteiger partial charge is 0.264 e. The molecule has 13 nitrogen and oxygen atoms in total. The van der Waals surface area contributed by atoms with Crippen molar-refractivity contribution in [2.75, 3.05) is 37.2 Å². The molecule has 0 spiro atoms. The number of nitrogens with zero attached hydrogens (tertiary/aromatic N) is 4. The van der Waals surface area contributed by atoms with Crippen molar-refractivity contribution in [1.82, 2.24) is 18.6 Å². The summed E-state index contributed by atoms with van der Waals surface area (Å²) < 4.78 is 83.6. The predicted molar refractivity (Wildman–Crippen MR) is 175 cm³/mol. The highest BCUT2D eigenvalue weighted by Gasteiger charge is 2.26. The molecule has 1 amide bonds. The number of fused-ring (bicyclic) bond motifs is 2. The lowest BCUT2D eigenvalue weighted by Gasteiger charge is -2.14. The summed E-state index contributed by atoms with van der Waals surface area (Å²) >= 11 is 2.00. The van der Waals surface area contributed by atoms with Gasteiger partial charge in [0.25, 0.3) is 15.9 Å². The Morgan fingerprint density at radius 1 is 0.733 bits per heavy atom. The molecule has 238 valence electrons. The van der Waals surface area contributed by atoms with Gasteiger partial charge in [0.15, 0.2) is 10.3 Å². The van der Waals surface area contributed by atoms with Crippen LogP contribution in [0.4, 0.5) is 10.3 Å². The largest absolute Gasteiger partial charge is 0.298 e. The highest BCUT2D eigenvalue weighted by atomic mass is 32.2. The van der Waals surface area contributed by atoms with Gasteiger partial charge in [0.1, 0.15) is 4.90 Å². The molecule has 5 rings (SSSR count). The van der Waals surface area contributed by atoms with Crippen LogP contribution >= 0.6 is 22.7 Å². The van der Waals surface area contributed by atoms with Crippen molar-refractivity contribution in [3.05, 3.63) is 66.2 Å². The standard InChI is InChI=1S/C27H28N6O7S5/c1-5-32(3)44(37,38)17-11-13-20-22(15-17)41-26(28-20)30-25(34)19-9-7-8-10-24(19)43(35,36)31-27-29-21-14-12-18(16-23(21)42-27)45(39,40)33(4)6-2/h7-16H,5-6H2,1-4H3,(H,29,31)(H,28,30,34). The second-order valence-corrected chi connectivity index (χ2v) is 17.5. The molecule has 2 aromatic heterocycles. The van der Waals surface area contributed by atoms with Gasteiger partial charge in [-0.2, -0.15) is 0 Å². The summed E-state index contributed by atoms with van der Waals surface area (Å²) in [5, 5.41) is 2.76. The summed E-state index contributed by atoms with van der Waals surface area (Å²) in [7, 11) is -8.78. The fourth-order valence-electron chi connectivity index (χ4n) is 4.15. The third-order valence-corrected chi connectivity index (χ3v) is 14.1. The Bertz CT molecular complexity index is 2270. The van der Waals surface area contributed by atoms with Crippen LogP contribution < -0.4 is 10.0 Å². The van der Waals surface area contributed by atoms with Crippen molar-refractivity contribution < 1.29 is 30.0 Å². The van der Waals surface area contributed by atoms with Gasteiger partial charge >= 0.3 is 0 Å². The number of thiazole rings is 2. The zero-order chi connectivity index (χ0) is 32.7. The summed E-state index contributed by atoms with van der Waals surface area (Å²) in [5.74, 6) is -0.743. The maximum atomic E-state index is 13.5. The Labute approximate surface area is 268 Å². The van der Waals surface area contributed by atoms with E-state index in [1.165, 1.54) is 77.3 Å². The maximum absolute atomic E-state index is 13.5. The molecule has 0 fully saturated rings. The number of aromatic nitrogens is 2. The van der Waals surface area contributed by atoms with Crippen molar-refractivity contribution in [1.29, 1.82) is 0 Å². The summed E-state index contributed by atoms with van der Waals surface area (Å²) in [5.41, 5.74) is 0.702. The molecule has 0 aliphatic carbocycles. The van der Waals surface area contributed by atoms with Crippen LogP contribution in [0.15, 0.2) is 75.4 Å². The molecule has 0 saturated carbocycles. The first-order valence-corrected chi connectivity index (χ1v) is 19.3. The predicted octanol–water partition coefficient (Wildman–Crippen LogP) is 4.24. The normalized spacial score (nSPS) is 12.8. The zero-order valence-corrected chi connectivity index (χ0v) is 28.5. The molecule has 18 heteroatoms. The van der Waals surface area contributed by atoms with Crippen molar-refractivity contribution in [2.24, 2.45) is 0 Å². The van der Waals surface area contributed by atoms with E-state index in [9.17, 15) is 30.0 Å². The van der Waals surface area contributed by atoms with E-state index in [0.717, 1.165) is 22.7 Å². The molecule has 0 unspecified atom stereocenters. The van der Waals surface area contributed by atoms with E-state index < -0.39 is 36.0 Å². The van der Waals surface area contributed by atoms with Crippen molar-refractivity contribution in [3.63, 3.8) is 0 Å². The SMILES string of the molecule is CCN(C)S(=O)(=O)c1ccc2nc(NC(=O)c3ccccc3S(=O)(=O)Nc3nc4ccc(S(=O)(=O)N(C)CC)cc4s3)sc2c1. The number of carbonyl (C=O) groups excluding carboxylic acids is 1. The fraction of sp³-hybridized carbons (Fsp3) is 0.222. The monoisotopic (exact) mass is 708 g/mol. The number of hydrogen-bond donors (Lipinski definition) is 2. The van der Waals surface area contributed by atoms with Crippen LogP contribution in [-0.4, -0.2) is 76.9 Å². The first-order chi connectivity index (χ1) is 21.2. The van der Waals surface area contributed by atoms with Crippen LogP contribution in [0, 0.1) is 0 Å². The molecule has 0 atom stereocenters. The fourth-order valence-corrected chi connectivity index (χ4v) is 9.96. The molecule has 0 saturated heterocycles. The third kappa shape index (κ3) is 6.44. The lowest BCUT2D eigenvalue weighted by molar-refractivity contribution is 0.102. The van der Waals surface area contributed by atoms with Crippen molar-refractivity contribution in [3.8, 4) is 0 Å². The molecule has 5 aromatic rings. The van der Waals surface area contributed by atoms with Crippen LogP contribution in [0.25, 0.3) is 20.4 Å². The number of sulfonamides is 3. The molecule has 3 aromatic carbocycles. The van der Waals surface area contributed by atoms with E-state index in [1.54, 1.807) is 19.9 Å². The Hall–Kier alpha value is -3.52. The van der Waals surface area contributed by atoms with E-state index in [-0.39, 0.29) is 37.1 Å². The van der Waals surface area contributed by atoms with Crippen LogP contribution in [0.3, 0.4) is 0 Å². The number of carbonyl (C=O) groups is 1. The Balaban J connectivity index is 1.40. The van der Waals surface area contributed by atoms with E-state index in [2.05, 4.69) is 20.0 Å². The van der Waals surface area contributed by atoms with Crippen LogP contribution in [0.5, 0.6) is 0 Å². The highest BCUT2D eigenvalue weighted by Crippen LogP contribution is 2.32. The molecular weight excluding hydrogens is 681 g/mol. The van der Waals surface area contributed by atoms with E-state index in [0.29, 0.717) is 27.0 Å². The average molecular weight is 709 g/mol. The van der Waals surface area contributed by atoms with Gasteiger partial charge in [-0.15, -0.1) is 0 Å². The molecule has 45 heavy (non-hydrogen) atoms. The van der Waals surface area contributed by atoms with Gasteiger partial charge in [-0.3, -0.25) is 14.8 Å². The molecule has 2 heterocycles. The lowest BCUT2D eigenvalue weighted by Crippen LogP contribution is -2.26. The van der Waals surface area contributed by atoms with Crippen LogP contribution in [-0.2, 0) is 30.1 Å². The van der Waals surface area contributed by atoms with Crippen molar-refractivity contribution >= 4 is 89.3 Å². The minimum absolute atomic E-state index is 0.00995. The topological polar surface area (TPSA) is 176 Å². The number of rotatable bonds is 11. The second kappa shape index (κ2) is 12.3. The Morgan fingerprint density at radius 2 is 1.22 bits per heavy atom. The van der Waals surface area contributed by atoms with Gasteiger partial charge in [-0.1, -0.05) is 48.7 Å². The second-order valence-electron chi connectivity index (χ2n) is 9.69. The average Bonchev–Trinajstić information content (AvgIpc) is 3.61. The summed E-state index contributed by atoms with van der Waals surface area (Å²) in [4.78, 5) is 21.8. The van der Waals surface area contributed by atoms with Gasteiger partial charge in [0, 0.05) is 27.2 Å². The summed E-state index contributed by atoms with van der Waals surface area (Å²) in [6.45, 7) is 4.01. The van der Waals surface area contributed by atoms with Gasteiger partial charge in [-0.25, -0.2) is 43.8 Å². The molecule has 0 radical (unpaired) electrons. The van der Waals surface area contributed by atoms with Gasteiger partial charge < -0.3 is 0 Å². The first kappa shape index (κ1) is 32.9. The van der Waals surface area contributed by atoms with E-state index in [4.69, 9.17) is 0 Å². The van der Waals surface area contributed by atoms with Crippen LogP contribution in [0.2, 0.25) is 0 Å². The number of amides is 1. The number of anilines is 2. The van der Waals surface area contributed by atoms with E-state index in [1.807, 2.05) is 0 Å². The minimum atomic E-state index is -4.32. The number of nitrogens with one attached hydrogen (secondary N) is 2. The molecule has 0 bridgehead atoms. The third-order valence-electron chi connectivity index (χ3n) is 6.89. The highest BCUT2D eigenvalue weighted by molar-refractivity contribution is 7.93. The van der Waals surface area contributed by atoms with Gasteiger partial charge in [0.05, 0.1) is 35.8 Å². The zero-order valence-electron chi connectivity index (χ0n) is 24.4. The van der Waals surface area contributed by atoms with Crippen molar-refractivity contribution in [2.45, 2.75) is 28.5 Å². The molecule has 2 N–H and O–H groups in total. The molecule has 0 aliphatic heterocycles. The quantitative estimate of drug-likeness (QED) is 0.203. The number of benzene rings is 3. The maximum Gasteiger partial charge on any atom is 0.264 e. The van der Waals surface area contributed by atoms with E-state index >= 15 is 0 Å². The number of hydrogen-bond acceptors (Lipinski definition) is 11. The van der Waals surface area contributed by atoms with Gasteiger partial charge in [0.2, 0.25) is 20.0 Å². The summed E-state index contributed by atoms with van der Waals surface area (Å²) in [6.07, 6.45) is 0. The van der Waals surface area contributed by atoms with Gasteiger partial charge in [-0.05, 0) is 48.5 Å². The molecule has 0 aliphatic rings. The Kier molecular flexibility index (Phi) is 9.02.